The Morgan fingerprint density at radius 2 is 2.12 bits per heavy atom. The van der Waals surface area contributed by atoms with E-state index in [4.69, 9.17) is 16.3 Å². The molecule has 0 amide bonds. The molecule has 0 atom stereocenters. The zero-order valence-electron chi connectivity index (χ0n) is 9.37. The van der Waals surface area contributed by atoms with Crippen LogP contribution in [-0.4, -0.2) is 18.0 Å². The monoisotopic (exact) mass is 237 g/mol. The van der Waals surface area contributed by atoms with Crippen molar-refractivity contribution in [2.24, 2.45) is 7.05 Å². The zero-order chi connectivity index (χ0) is 11.9. The zero-order valence-corrected chi connectivity index (χ0v) is 10.1. The minimum absolute atomic E-state index is 0.568. The topological polar surface area (TPSA) is 31.2 Å². The van der Waals surface area contributed by atoms with Gasteiger partial charge in [-0.25, -0.2) is 0 Å². The number of methoxy groups -OCH3 is 1. The number of hydrogen-bond acceptors (Lipinski definition) is 2. The molecular weight excluding hydrogens is 226 g/mol. The minimum Gasteiger partial charge on any atom is -0.494 e. The second-order valence-corrected chi connectivity index (χ2v) is 4.12. The molecule has 0 saturated carbocycles. The summed E-state index contributed by atoms with van der Waals surface area (Å²) in [7, 11) is 3.50. The van der Waals surface area contributed by atoms with Gasteiger partial charge in [-0.1, -0.05) is 11.6 Å². The van der Waals surface area contributed by atoms with Gasteiger partial charge in [0.2, 0.25) is 0 Å². The maximum absolute atomic E-state index is 11.1. The molecule has 4 heteroatoms. The number of rotatable bonds is 2. The molecule has 0 aliphatic heterocycles. The smallest absolute Gasteiger partial charge is 0.152 e. The summed E-state index contributed by atoms with van der Waals surface area (Å²) in [4.78, 5) is 11.1. The molecule has 0 N–H and O–H groups in total. The Morgan fingerprint density at radius 1 is 1.44 bits per heavy atom. The first-order valence-corrected chi connectivity index (χ1v) is 5.25. The molecule has 1 aromatic carbocycles. The number of aldehydes is 1. The highest BCUT2D eigenvalue weighted by Crippen LogP contribution is 2.34. The van der Waals surface area contributed by atoms with E-state index in [1.165, 1.54) is 0 Å². The number of halogens is 1. The summed E-state index contributed by atoms with van der Waals surface area (Å²) in [5.41, 5.74) is 2.47. The van der Waals surface area contributed by atoms with E-state index in [0.29, 0.717) is 16.3 Å². The first-order valence-electron chi connectivity index (χ1n) is 4.87. The van der Waals surface area contributed by atoms with Gasteiger partial charge in [0, 0.05) is 34.8 Å². The summed E-state index contributed by atoms with van der Waals surface area (Å²) in [5, 5.41) is 1.40. The molecule has 16 heavy (non-hydrogen) atoms. The van der Waals surface area contributed by atoms with Crippen LogP contribution in [0.4, 0.5) is 0 Å². The van der Waals surface area contributed by atoms with Crippen LogP contribution in [0.25, 0.3) is 10.9 Å². The van der Waals surface area contributed by atoms with E-state index >= 15 is 0 Å². The third-order valence-electron chi connectivity index (χ3n) is 2.90. The number of aryl methyl sites for hydroxylation is 1. The molecule has 0 aliphatic carbocycles. The molecular formula is C12H12ClNO2. The van der Waals surface area contributed by atoms with Gasteiger partial charge in [0.15, 0.2) is 6.29 Å². The molecule has 3 nitrogen and oxygen atoms in total. The van der Waals surface area contributed by atoms with Crippen LogP contribution >= 0.6 is 11.6 Å². The fraction of sp³-hybridized carbons (Fsp3) is 0.250. The van der Waals surface area contributed by atoms with Crippen LogP contribution in [0.5, 0.6) is 5.75 Å². The van der Waals surface area contributed by atoms with Gasteiger partial charge in [0.05, 0.1) is 12.6 Å². The number of hydrogen-bond donors (Lipinski definition) is 0. The van der Waals surface area contributed by atoms with Crippen LogP contribution in [0, 0.1) is 6.92 Å². The number of carbonyl (C=O) groups excluding carboxylic acids is 1. The Hall–Kier alpha value is -1.48. The highest BCUT2D eigenvalue weighted by molar-refractivity contribution is 6.31. The lowest BCUT2D eigenvalue weighted by molar-refractivity contribution is 0.112. The maximum atomic E-state index is 11.1. The molecule has 1 heterocycles. The quantitative estimate of drug-likeness (QED) is 0.752. The fourth-order valence-corrected chi connectivity index (χ4v) is 2.18. The number of fused-ring (bicyclic) bond motifs is 1. The highest BCUT2D eigenvalue weighted by Gasteiger charge is 2.15. The molecule has 84 valence electrons. The van der Waals surface area contributed by atoms with Gasteiger partial charge in [-0.05, 0) is 13.0 Å². The summed E-state index contributed by atoms with van der Waals surface area (Å²) in [6.07, 6.45) is 0.855. The molecule has 0 bridgehead atoms. The molecule has 0 aliphatic rings. The van der Waals surface area contributed by atoms with Crippen molar-refractivity contribution >= 4 is 28.8 Å². The summed E-state index contributed by atoms with van der Waals surface area (Å²) in [5.74, 6) is 0.682. The Bertz CT molecular complexity index is 572. The second-order valence-electron chi connectivity index (χ2n) is 3.68. The lowest BCUT2D eigenvalue weighted by Gasteiger charge is -2.05. The van der Waals surface area contributed by atoms with E-state index in [0.717, 1.165) is 22.9 Å². The summed E-state index contributed by atoms with van der Waals surface area (Å²) >= 11 is 5.99. The van der Waals surface area contributed by atoms with Gasteiger partial charge < -0.3 is 9.30 Å². The molecule has 0 unspecified atom stereocenters. The Balaban J connectivity index is 2.99. The average Bonchev–Trinajstić information content (AvgIpc) is 2.50. The maximum Gasteiger partial charge on any atom is 0.152 e. The SMILES string of the molecule is COc1cc(Cl)cc2c(C=O)c(C)n(C)c12. The van der Waals surface area contributed by atoms with Gasteiger partial charge >= 0.3 is 0 Å². The van der Waals surface area contributed by atoms with Crippen molar-refractivity contribution in [3.8, 4) is 5.75 Å². The minimum atomic E-state index is 0.568. The number of carbonyl (C=O) groups is 1. The Kier molecular flexibility index (Phi) is 2.64. The summed E-state index contributed by atoms with van der Waals surface area (Å²) in [6.45, 7) is 1.90. The van der Waals surface area contributed by atoms with Gasteiger partial charge in [-0.3, -0.25) is 4.79 Å². The van der Waals surface area contributed by atoms with Crippen LogP contribution in [-0.2, 0) is 7.05 Å². The van der Waals surface area contributed by atoms with E-state index in [1.54, 1.807) is 19.2 Å². The predicted molar refractivity (Wildman–Crippen MR) is 64.6 cm³/mol. The third kappa shape index (κ3) is 1.39. The molecule has 2 aromatic rings. The van der Waals surface area contributed by atoms with Crippen LogP contribution in [0.2, 0.25) is 5.02 Å². The van der Waals surface area contributed by atoms with Crippen molar-refractivity contribution in [1.82, 2.24) is 4.57 Å². The summed E-state index contributed by atoms with van der Waals surface area (Å²) < 4.78 is 7.22. The Morgan fingerprint density at radius 3 is 2.69 bits per heavy atom. The molecule has 0 radical (unpaired) electrons. The second kappa shape index (κ2) is 3.83. The van der Waals surface area contributed by atoms with E-state index < -0.39 is 0 Å². The Labute approximate surface area is 98.6 Å². The van der Waals surface area contributed by atoms with Crippen molar-refractivity contribution in [3.05, 3.63) is 28.4 Å². The number of benzene rings is 1. The number of aromatic nitrogens is 1. The van der Waals surface area contributed by atoms with Crippen molar-refractivity contribution in [3.63, 3.8) is 0 Å². The van der Waals surface area contributed by atoms with Crippen molar-refractivity contribution in [1.29, 1.82) is 0 Å². The van der Waals surface area contributed by atoms with Crippen LogP contribution in [0.15, 0.2) is 12.1 Å². The van der Waals surface area contributed by atoms with Crippen molar-refractivity contribution in [2.45, 2.75) is 6.92 Å². The average molecular weight is 238 g/mol. The predicted octanol–water partition coefficient (Wildman–Crippen LogP) is 2.96. The van der Waals surface area contributed by atoms with Crippen molar-refractivity contribution in [2.75, 3.05) is 7.11 Å². The van der Waals surface area contributed by atoms with Crippen LogP contribution < -0.4 is 4.74 Å². The first-order chi connectivity index (χ1) is 7.60. The van der Waals surface area contributed by atoms with Crippen molar-refractivity contribution < 1.29 is 9.53 Å². The largest absolute Gasteiger partial charge is 0.494 e. The number of nitrogens with zero attached hydrogens (tertiary/aromatic N) is 1. The fourth-order valence-electron chi connectivity index (χ4n) is 1.97. The normalized spacial score (nSPS) is 10.8. The van der Waals surface area contributed by atoms with Gasteiger partial charge in [0.1, 0.15) is 5.75 Å². The molecule has 0 spiro atoms. The third-order valence-corrected chi connectivity index (χ3v) is 3.11. The van der Waals surface area contributed by atoms with E-state index in [1.807, 2.05) is 18.5 Å². The standard InChI is InChI=1S/C12H12ClNO2/c1-7-10(6-15)9-4-8(13)5-11(16-3)12(9)14(7)2/h4-6H,1-3H3. The lowest BCUT2D eigenvalue weighted by atomic mass is 10.1. The molecule has 2 rings (SSSR count). The van der Waals surface area contributed by atoms with E-state index in [9.17, 15) is 4.79 Å². The van der Waals surface area contributed by atoms with Gasteiger partial charge in [-0.15, -0.1) is 0 Å². The summed E-state index contributed by atoms with van der Waals surface area (Å²) in [6, 6.07) is 3.54. The van der Waals surface area contributed by atoms with Gasteiger partial charge in [-0.2, -0.15) is 0 Å². The van der Waals surface area contributed by atoms with Crippen LogP contribution in [0.3, 0.4) is 0 Å². The van der Waals surface area contributed by atoms with E-state index in [2.05, 4.69) is 0 Å². The molecule has 1 aromatic heterocycles. The number of ether oxygens (including phenoxy) is 1. The van der Waals surface area contributed by atoms with Gasteiger partial charge in [0.25, 0.3) is 0 Å². The molecule has 0 fully saturated rings. The highest BCUT2D eigenvalue weighted by atomic mass is 35.5. The first kappa shape index (κ1) is 11.0. The molecule has 0 saturated heterocycles. The lowest BCUT2D eigenvalue weighted by Crippen LogP contribution is -1.93. The van der Waals surface area contributed by atoms with E-state index in [-0.39, 0.29) is 0 Å². The van der Waals surface area contributed by atoms with Crippen LogP contribution in [0.1, 0.15) is 16.1 Å².